The molecule has 2 aromatic carbocycles. The quantitative estimate of drug-likeness (QED) is 0.831. The monoisotopic (exact) mass is 350 g/mol. The zero-order valence-electron chi connectivity index (χ0n) is 15.4. The average Bonchev–Trinajstić information content (AvgIpc) is 2.81. The van der Waals surface area contributed by atoms with Gasteiger partial charge < -0.3 is 9.64 Å². The Hall–Kier alpha value is -2.33. The Balaban J connectivity index is 1.50. The minimum atomic E-state index is -0.272. The van der Waals surface area contributed by atoms with Crippen LogP contribution in [0.25, 0.3) is 0 Å². The van der Waals surface area contributed by atoms with E-state index in [1.165, 1.54) is 5.56 Å². The molecule has 4 nitrogen and oxygen atoms in total. The van der Waals surface area contributed by atoms with Gasteiger partial charge in [-0.1, -0.05) is 48.5 Å². The van der Waals surface area contributed by atoms with E-state index in [1.807, 2.05) is 23.1 Å². The van der Waals surface area contributed by atoms with Crippen LogP contribution in [0.4, 0.5) is 0 Å². The van der Waals surface area contributed by atoms with Gasteiger partial charge in [0, 0.05) is 51.5 Å². The maximum absolute atomic E-state index is 12.2. The van der Waals surface area contributed by atoms with Crippen LogP contribution < -0.4 is 4.74 Å². The predicted molar refractivity (Wildman–Crippen MR) is 102 cm³/mol. The second-order valence-corrected chi connectivity index (χ2v) is 7.53. The molecule has 0 N–H and O–H groups in total. The molecule has 2 aromatic rings. The molecule has 4 rings (SSSR count). The summed E-state index contributed by atoms with van der Waals surface area (Å²) in [6.07, 6.45) is 1.88. The van der Waals surface area contributed by atoms with Crippen molar-refractivity contribution in [2.45, 2.75) is 38.5 Å². The summed E-state index contributed by atoms with van der Waals surface area (Å²) in [5.74, 6) is 1.06. The third-order valence-electron chi connectivity index (χ3n) is 5.60. The second kappa shape index (κ2) is 7.12. The maximum Gasteiger partial charge on any atom is 0.219 e. The molecule has 0 bridgehead atoms. The molecular weight excluding hydrogens is 324 g/mol. The van der Waals surface area contributed by atoms with Crippen molar-refractivity contribution in [3.63, 3.8) is 0 Å². The number of hydrogen-bond acceptors (Lipinski definition) is 3. The van der Waals surface area contributed by atoms with Gasteiger partial charge in [0.05, 0.1) is 6.54 Å². The van der Waals surface area contributed by atoms with Crippen LogP contribution in [0.15, 0.2) is 54.6 Å². The lowest BCUT2D eigenvalue weighted by Crippen LogP contribution is -2.53. The van der Waals surface area contributed by atoms with Crippen LogP contribution in [0.5, 0.6) is 5.75 Å². The summed E-state index contributed by atoms with van der Waals surface area (Å²) in [4.78, 5) is 16.6. The first-order valence-electron chi connectivity index (χ1n) is 9.42. The normalized spacial score (nSPS) is 19.5. The number of fused-ring (bicyclic) bond motifs is 1. The Bertz CT molecular complexity index is 767. The molecule has 0 saturated carbocycles. The Kier molecular flexibility index (Phi) is 4.68. The van der Waals surface area contributed by atoms with Gasteiger partial charge in [-0.25, -0.2) is 0 Å². The number of benzene rings is 2. The predicted octanol–water partition coefficient (Wildman–Crippen LogP) is 3.46. The van der Waals surface area contributed by atoms with Crippen molar-refractivity contribution < 1.29 is 9.53 Å². The van der Waals surface area contributed by atoms with E-state index in [4.69, 9.17) is 4.74 Å². The molecule has 1 amide bonds. The number of para-hydroxylation sites is 1. The number of likely N-dealkylation sites (tertiary alicyclic amines) is 1. The molecule has 0 aromatic heterocycles. The van der Waals surface area contributed by atoms with Gasteiger partial charge in [0.1, 0.15) is 11.4 Å². The highest BCUT2D eigenvalue weighted by Crippen LogP contribution is 2.35. The zero-order chi connectivity index (χ0) is 18.0. The molecule has 2 aliphatic rings. The van der Waals surface area contributed by atoms with E-state index in [0.717, 1.165) is 43.8 Å². The van der Waals surface area contributed by atoms with Crippen molar-refractivity contribution in [2.24, 2.45) is 0 Å². The van der Waals surface area contributed by atoms with E-state index >= 15 is 0 Å². The number of rotatable bonds is 2. The van der Waals surface area contributed by atoms with Gasteiger partial charge in [-0.2, -0.15) is 0 Å². The van der Waals surface area contributed by atoms with E-state index in [-0.39, 0.29) is 11.5 Å². The topological polar surface area (TPSA) is 32.8 Å². The van der Waals surface area contributed by atoms with Gasteiger partial charge in [-0.3, -0.25) is 9.69 Å². The van der Waals surface area contributed by atoms with E-state index in [9.17, 15) is 4.79 Å². The highest BCUT2D eigenvalue weighted by molar-refractivity contribution is 5.73. The fraction of sp³-hybridized carbons (Fsp3) is 0.409. The number of hydrogen-bond donors (Lipinski definition) is 0. The molecule has 136 valence electrons. The maximum atomic E-state index is 12.2. The van der Waals surface area contributed by atoms with Crippen LogP contribution in [0.1, 0.15) is 30.9 Å². The van der Waals surface area contributed by atoms with E-state index in [0.29, 0.717) is 13.1 Å². The highest BCUT2D eigenvalue weighted by Gasteiger charge is 2.41. The van der Waals surface area contributed by atoms with Crippen molar-refractivity contribution in [1.29, 1.82) is 0 Å². The first-order valence-corrected chi connectivity index (χ1v) is 9.42. The number of carbonyl (C=O) groups excluding carboxylic acids is 1. The Morgan fingerprint density at radius 2 is 1.73 bits per heavy atom. The van der Waals surface area contributed by atoms with Crippen LogP contribution in [0, 0.1) is 0 Å². The minimum Gasteiger partial charge on any atom is -0.485 e. The third-order valence-corrected chi connectivity index (χ3v) is 5.60. The van der Waals surface area contributed by atoms with Crippen molar-refractivity contribution in [3.8, 4) is 5.75 Å². The first kappa shape index (κ1) is 17.1. The van der Waals surface area contributed by atoms with Gasteiger partial charge in [-0.05, 0) is 11.6 Å². The molecule has 1 fully saturated rings. The van der Waals surface area contributed by atoms with Crippen LogP contribution in [-0.4, -0.2) is 40.9 Å². The molecule has 1 saturated heterocycles. The molecule has 0 atom stereocenters. The van der Waals surface area contributed by atoms with Crippen molar-refractivity contribution in [1.82, 2.24) is 9.80 Å². The largest absolute Gasteiger partial charge is 0.485 e. The fourth-order valence-electron chi connectivity index (χ4n) is 4.05. The molecule has 0 aliphatic carbocycles. The summed E-state index contributed by atoms with van der Waals surface area (Å²) < 4.78 is 6.54. The first-order chi connectivity index (χ1) is 12.6. The number of carbonyl (C=O) groups is 1. The van der Waals surface area contributed by atoms with Crippen LogP contribution >= 0.6 is 0 Å². The van der Waals surface area contributed by atoms with Gasteiger partial charge in [0.2, 0.25) is 5.91 Å². The number of amides is 1. The molecule has 1 spiro atoms. The molecule has 0 radical (unpaired) electrons. The molecule has 4 heteroatoms. The van der Waals surface area contributed by atoms with Crippen molar-refractivity contribution in [2.75, 3.05) is 19.6 Å². The average molecular weight is 350 g/mol. The number of ether oxygens (including phenoxy) is 1. The molecule has 26 heavy (non-hydrogen) atoms. The van der Waals surface area contributed by atoms with Crippen LogP contribution in [0.2, 0.25) is 0 Å². The molecule has 0 unspecified atom stereocenters. The summed E-state index contributed by atoms with van der Waals surface area (Å²) >= 11 is 0. The van der Waals surface area contributed by atoms with Crippen molar-refractivity contribution >= 4 is 5.91 Å². The number of nitrogens with zero attached hydrogens (tertiary/aromatic N) is 2. The molecular formula is C22H26N2O2. The summed E-state index contributed by atoms with van der Waals surface area (Å²) in [7, 11) is 0. The zero-order valence-corrected chi connectivity index (χ0v) is 15.4. The fourth-order valence-corrected chi connectivity index (χ4v) is 4.05. The lowest BCUT2D eigenvalue weighted by Gasteiger charge is -2.42. The standard InChI is InChI=1S/C22H26N2O2/c1-18(25)24-16-20-9-5-6-10-21(20)26-22(17-24)11-13-23(14-12-22)15-19-7-3-2-4-8-19/h2-10H,11-17H2,1H3. The molecule has 2 aliphatic heterocycles. The number of piperidine rings is 1. The lowest BCUT2D eigenvalue weighted by molar-refractivity contribution is -0.132. The Morgan fingerprint density at radius 3 is 2.46 bits per heavy atom. The Morgan fingerprint density at radius 1 is 1.04 bits per heavy atom. The van der Waals surface area contributed by atoms with Gasteiger partial charge >= 0.3 is 0 Å². The second-order valence-electron chi connectivity index (χ2n) is 7.53. The van der Waals surface area contributed by atoms with Gasteiger partial charge in [-0.15, -0.1) is 0 Å². The van der Waals surface area contributed by atoms with Gasteiger partial charge in [0.25, 0.3) is 0 Å². The lowest BCUT2D eigenvalue weighted by atomic mass is 9.90. The minimum absolute atomic E-state index is 0.122. The SMILES string of the molecule is CC(=O)N1Cc2ccccc2OC2(CCN(Cc3ccccc3)CC2)C1. The van der Waals surface area contributed by atoms with E-state index in [2.05, 4.69) is 41.3 Å². The molecule has 2 heterocycles. The van der Waals surface area contributed by atoms with E-state index in [1.54, 1.807) is 6.92 Å². The van der Waals surface area contributed by atoms with E-state index < -0.39 is 0 Å². The highest BCUT2D eigenvalue weighted by atomic mass is 16.5. The smallest absolute Gasteiger partial charge is 0.219 e. The third kappa shape index (κ3) is 3.61. The van der Waals surface area contributed by atoms with Crippen LogP contribution in [0.3, 0.4) is 0 Å². The Labute approximate surface area is 155 Å². The summed E-state index contributed by atoms with van der Waals surface area (Å²) in [6, 6.07) is 18.7. The van der Waals surface area contributed by atoms with Crippen LogP contribution in [-0.2, 0) is 17.9 Å². The van der Waals surface area contributed by atoms with Gasteiger partial charge in [0.15, 0.2) is 0 Å². The summed E-state index contributed by atoms with van der Waals surface area (Å²) in [6.45, 7) is 5.93. The summed E-state index contributed by atoms with van der Waals surface area (Å²) in [5.41, 5.74) is 2.18. The van der Waals surface area contributed by atoms with Crippen molar-refractivity contribution in [3.05, 3.63) is 65.7 Å². The summed E-state index contributed by atoms with van der Waals surface area (Å²) in [5, 5.41) is 0.